The second kappa shape index (κ2) is 9.45. The van der Waals surface area contributed by atoms with Crippen molar-refractivity contribution in [2.45, 2.75) is 12.0 Å². The van der Waals surface area contributed by atoms with Gasteiger partial charge >= 0.3 is 0 Å². The van der Waals surface area contributed by atoms with Gasteiger partial charge in [-0.15, -0.1) is 0 Å². The van der Waals surface area contributed by atoms with Gasteiger partial charge in [0.05, 0.1) is 26.2 Å². The van der Waals surface area contributed by atoms with Gasteiger partial charge in [-0.2, -0.15) is 0 Å². The summed E-state index contributed by atoms with van der Waals surface area (Å²) in [7, 11) is 0. The Morgan fingerprint density at radius 2 is 1.41 bits per heavy atom. The topological polar surface area (TPSA) is 27.9 Å². The van der Waals surface area contributed by atoms with E-state index < -0.39 is 6.10 Å². The monoisotopic (exact) mass is 407 g/mol. The summed E-state index contributed by atoms with van der Waals surface area (Å²) in [6.45, 7) is 4.73. The molecule has 0 amide bonds. The van der Waals surface area contributed by atoms with Crippen molar-refractivity contribution in [3.05, 3.63) is 101 Å². The highest BCUT2D eigenvalue weighted by molar-refractivity contribution is 6.30. The third kappa shape index (κ3) is 4.99. The smallest absolute Gasteiger partial charge is 0.114 e. The van der Waals surface area contributed by atoms with Gasteiger partial charge in [0.1, 0.15) is 12.6 Å². The molecule has 4 heteroatoms. The number of halogens is 1. The molecular formula is C25H28ClN2O+. The molecule has 0 aromatic heterocycles. The maximum Gasteiger partial charge on any atom is 0.114 e. The minimum Gasteiger partial charge on any atom is -0.386 e. The van der Waals surface area contributed by atoms with E-state index in [4.69, 9.17) is 11.6 Å². The van der Waals surface area contributed by atoms with Crippen molar-refractivity contribution in [3.8, 4) is 0 Å². The van der Waals surface area contributed by atoms with Crippen LogP contribution in [0.2, 0.25) is 5.02 Å². The van der Waals surface area contributed by atoms with Gasteiger partial charge in [0, 0.05) is 16.6 Å². The Balaban J connectivity index is 1.43. The number of quaternary nitrogens is 1. The molecule has 3 nitrogen and oxygen atoms in total. The summed E-state index contributed by atoms with van der Waals surface area (Å²) in [5.74, 6) is -0.00383. The molecule has 29 heavy (non-hydrogen) atoms. The molecule has 3 aromatic carbocycles. The number of rotatable bonds is 6. The number of nitrogens with zero attached hydrogens (tertiary/aromatic N) is 1. The van der Waals surface area contributed by atoms with Gasteiger partial charge in [0.2, 0.25) is 0 Å². The van der Waals surface area contributed by atoms with Crippen molar-refractivity contribution in [2.75, 3.05) is 37.6 Å². The Labute approximate surface area is 178 Å². The van der Waals surface area contributed by atoms with Crippen molar-refractivity contribution >= 4 is 17.3 Å². The Bertz CT molecular complexity index is 855. The van der Waals surface area contributed by atoms with Crippen LogP contribution in [0.25, 0.3) is 0 Å². The molecule has 0 saturated carbocycles. The van der Waals surface area contributed by atoms with Crippen LogP contribution in [0.4, 0.5) is 5.69 Å². The second-order valence-electron chi connectivity index (χ2n) is 7.79. The summed E-state index contributed by atoms with van der Waals surface area (Å²) in [5.41, 5.74) is 3.52. The highest BCUT2D eigenvalue weighted by Gasteiger charge is 2.29. The third-order valence-electron chi connectivity index (χ3n) is 5.84. The molecule has 1 fully saturated rings. The number of anilines is 1. The van der Waals surface area contributed by atoms with E-state index in [0.717, 1.165) is 37.7 Å². The molecule has 0 bridgehead atoms. The largest absolute Gasteiger partial charge is 0.386 e. The molecule has 1 aliphatic rings. The van der Waals surface area contributed by atoms with E-state index >= 15 is 0 Å². The lowest BCUT2D eigenvalue weighted by Gasteiger charge is -2.35. The van der Waals surface area contributed by atoms with Crippen LogP contribution in [0.1, 0.15) is 17.0 Å². The lowest BCUT2D eigenvalue weighted by atomic mass is 9.86. The van der Waals surface area contributed by atoms with Gasteiger partial charge in [0.25, 0.3) is 0 Å². The summed E-state index contributed by atoms with van der Waals surface area (Å²) >= 11 is 6.15. The maximum absolute atomic E-state index is 11.2. The summed E-state index contributed by atoms with van der Waals surface area (Å²) in [6.07, 6.45) is -0.424. The Kier molecular flexibility index (Phi) is 6.50. The first-order valence-electron chi connectivity index (χ1n) is 10.3. The molecule has 0 spiro atoms. The SMILES string of the molecule is OC(C[NH+]1CCN(c2cccc(Cl)c2)CC1)C(c1ccccc1)c1ccccc1. The fourth-order valence-electron chi connectivity index (χ4n) is 4.33. The minimum absolute atomic E-state index is 0.00383. The van der Waals surface area contributed by atoms with E-state index in [1.54, 1.807) is 0 Å². The molecule has 1 aliphatic heterocycles. The number of aliphatic hydroxyl groups excluding tert-OH is 1. The van der Waals surface area contributed by atoms with Crippen LogP contribution in [0.3, 0.4) is 0 Å². The van der Waals surface area contributed by atoms with Gasteiger partial charge in [-0.25, -0.2) is 0 Å². The quantitative estimate of drug-likeness (QED) is 0.656. The normalized spacial score (nSPS) is 16.2. The maximum atomic E-state index is 11.2. The number of hydrogen-bond acceptors (Lipinski definition) is 2. The van der Waals surface area contributed by atoms with Crippen molar-refractivity contribution in [1.29, 1.82) is 0 Å². The highest BCUT2D eigenvalue weighted by atomic mass is 35.5. The van der Waals surface area contributed by atoms with Gasteiger partial charge in [-0.05, 0) is 29.3 Å². The van der Waals surface area contributed by atoms with Crippen molar-refractivity contribution in [1.82, 2.24) is 0 Å². The molecule has 0 radical (unpaired) electrons. The number of piperazine rings is 1. The summed E-state index contributed by atoms with van der Waals surface area (Å²) in [4.78, 5) is 3.83. The predicted octanol–water partition coefficient (Wildman–Crippen LogP) is 3.24. The van der Waals surface area contributed by atoms with E-state index in [1.807, 2.05) is 30.3 Å². The zero-order valence-electron chi connectivity index (χ0n) is 16.5. The molecule has 4 rings (SSSR count). The third-order valence-corrected chi connectivity index (χ3v) is 6.08. The lowest BCUT2D eigenvalue weighted by molar-refractivity contribution is -0.903. The van der Waals surface area contributed by atoms with Crippen LogP contribution in [-0.4, -0.2) is 43.9 Å². The zero-order chi connectivity index (χ0) is 20.1. The van der Waals surface area contributed by atoms with Crippen molar-refractivity contribution < 1.29 is 10.0 Å². The summed E-state index contributed by atoms with van der Waals surface area (Å²) < 4.78 is 0. The van der Waals surface area contributed by atoms with E-state index in [-0.39, 0.29) is 5.92 Å². The molecule has 1 saturated heterocycles. The van der Waals surface area contributed by atoms with Crippen LogP contribution in [0.5, 0.6) is 0 Å². The zero-order valence-corrected chi connectivity index (χ0v) is 17.3. The molecule has 1 atom stereocenters. The van der Waals surface area contributed by atoms with Crippen molar-refractivity contribution in [3.63, 3.8) is 0 Å². The molecule has 1 unspecified atom stereocenters. The highest BCUT2D eigenvalue weighted by Crippen LogP contribution is 2.27. The fraction of sp³-hybridized carbons (Fsp3) is 0.280. The predicted molar refractivity (Wildman–Crippen MR) is 120 cm³/mol. The molecule has 150 valence electrons. The average molecular weight is 408 g/mol. The standard InChI is InChI=1S/C25H27ClN2O/c26-22-12-7-13-23(18-22)28-16-14-27(15-17-28)19-24(29)25(20-8-3-1-4-9-20)21-10-5-2-6-11-21/h1-13,18,24-25,29H,14-17,19H2/p+1. The first kappa shape index (κ1) is 20.0. The lowest BCUT2D eigenvalue weighted by Crippen LogP contribution is -3.16. The Hall–Kier alpha value is -2.33. The van der Waals surface area contributed by atoms with Crippen LogP contribution in [0, 0.1) is 0 Å². The van der Waals surface area contributed by atoms with Gasteiger partial charge in [0.15, 0.2) is 0 Å². The molecule has 2 N–H and O–H groups in total. The van der Waals surface area contributed by atoms with E-state index in [0.29, 0.717) is 0 Å². The second-order valence-corrected chi connectivity index (χ2v) is 8.22. The Morgan fingerprint density at radius 3 is 1.97 bits per heavy atom. The van der Waals surface area contributed by atoms with E-state index in [2.05, 4.69) is 59.5 Å². The fourth-order valence-corrected chi connectivity index (χ4v) is 4.51. The van der Waals surface area contributed by atoms with Crippen LogP contribution < -0.4 is 9.80 Å². The minimum atomic E-state index is -0.424. The van der Waals surface area contributed by atoms with Crippen molar-refractivity contribution in [2.24, 2.45) is 0 Å². The summed E-state index contributed by atoms with van der Waals surface area (Å²) in [6, 6.07) is 28.8. The summed E-state index contributed by atoms with van der Waals surface area (Å²) in [5, 5.41) is 12.0. The number of benzene rings is 3. The Morgan fingerprint density at radius 1 is 0.828 bits per heavy atom. The number of nitrogens with one attached hydrogen (secondary N) is 1. The van der Waals surface area contributed by atoms with Crippen LogP contribution in [0.15, 0.2) is 84.9 Å². The van der Waals surface area contributed by atoms with Gasteiger partial charge < -0.3 is 14.9 Å². The van der Waals surface area contributed by atoms with Crippen LogP contribution in [-0.2, 0) is 0 Å². The molecule has 1 heterocycles. The first-order valence-corrected chi connectivity index (χ1v) is 10.7. The van der Waals surface area contributed by atoms with Gasteiger partial charge in [-0.3, -0.25) is 0 Å². The number of aliphatic hydroxyl groups is 1. The van der Waals surface area contributed by atoms with E-state index in [9.17, 15) is 5.11 Å². The van der Waals surface area contributed by atoms with Gasteiger partial charge in [-0.1, -0.05) is 78.3 Å². The molecular weight excluding hydrogens is 380 g/mol. The first-order chi connectivity index (χ1) is 14.2. The molecule has 0 aliphatic carbocycles. The van der Waals surface area contributed by atoms with Crippen LogP contribution >= 0.6 is 11.6 Å². The molecule has 3 aromatic rings. The van der Waals surface area contributed by atoms with E-state index in [1.165, 1.54) is 21.7 Å². The number of hydrogen-bond donors (Lipinski definition) is 2. The average Bonchev–Trinajstić information content (AvgIpc) is 2.76.